The summed E-state index contributed by atoms with van der Waals surface area (Å²) in [7, 11) is 0. The molecule has 1 saturated heterocycles. The van der Waals surface area contributed by atoms with E-state index in [0.29, 0.717) is 19.6 Å². The van der Waals surface area contributed by atoms with Crippen LogP contribution in [0.4, 0.5) is 5.82 Å². The summed E-state index contributed by atoms with van der Waals surface area (Å²) in [5, 5.41) is 9.54. The number of rotatable bonds is 2. The number of hydrogen-bond donors (Lipinski definition) is 2. The number of aliphatic hydroxyl groups is 1. The van der Waals surface area contributed by atoms with Gasteiger partial charge in [-0.05, 0) is 6.92 Å². The van der Waals surface area contributed by atoms with Crippen LogP contribution in [-0.4, -0.2) is 33.8 Å². The largest absolute Gasteiger partial charge is 0.386 e. The Kier molecular flexibility index (Phi) is 2.13. The lowest BCUT2D eigenvalue weighted by Crippen LogP contribution is -2.60. The van der Waals surface area contributed by atoms with Gasteiger partial charge >= 0.3 is 0 Å². The minimum Gasteiger partial charge on any atom is -0.386 e. The van der Waals surface area contributed by atoms with Gasteiger partial charge in [-0.2, -0.15) is 0 Å². The zero-order valence-electron chi connectivity index (χ0n) is 8.14. The summed E-state index contributed by atoms with van der Waals surface area (Å²) in [5.41, 5.74) is 5.61. The fourth-order valence-electron chi connectivity index (χ4n) is 1.55. The van der Waals surface area contributed by atoms with Gasteiger partial charge < -0.3 is 15.7 Å². The van der Waals surface area contributed by atoms with Gasteiger partial charge in [0.2, 0.25) is 0 Å². The van der Waals surface area contributed by atoms with Crippen molar-refractivity contribution in [2.75, 3.05) is 18.0 Å². The lowest BCUT2D eigenvalue weighted by atomic mass is 9.97. The molecule has 76 valence electrons. The minimum absolute atomic E-state index is 0.408. The summed E-state index contributed by atoms with van der Waals surface area (Å²) >= 11 is 0. The van der Waals surface area contributed by atoms with E-state index in [4.69, 9.17) is 5.73 Å². The molecule has 0 bridgehead atoms. The monoisotopic (exact) mass is 194 g/mol. The predicted molar refractivity (Wildman–Crippen MR) is 52.8 cm³/mol. The lowest BCUT2D eigenvalue weighted by molar-refractivity contribution is 0.0305. The van der Waals surface area contributed by atoms with E-state index in [1.165, 1.54) is 0 Å². The van der Waals surface area contributed by atoms with Crippen LogP contribution < -0.4 is 10.6 Å². The Bertz CT molecular complexity index is 314. The Morgan fingerprint density at radius 2 is 2.21 bits per heavy atom. The minimum atomic E-state index is -0.575. The van der Waals surface area contributed by atoms with Crippen LogP contribution in [0.1, 0.15) is 12.6 Å². The molecule has 1 aromatic heterocycles. The van der Waals surface area contributed by atoms with Crippen molar-refractivity contribution < 1.29 is 5.11 Å². The number of aromatic nitrogens is 2. The fraction of sp³-hybridized carbons (Fsp3) is 0.556. The van der Waals surface area contributed by atoms with E-state index in [9.17, 15) is 5.11 Å². The zero-order valence-corrected chi connectivity index (χ0v) is 8.14. The van der Waals surface area contributed by atoms with Gasteiger partial charge in [-0.3, -0.25) is 4.98 Å². The summed E-state index contributed by atoms with van der Waals surface area (Å²) in [6.45, 7) is 3.45. The highest BCUT2D eigenvalue weighted by Gasteiger charge is 2.37. The van der Waals surface area contributed by atoms with Crippen molar-refractivity contribution in [1.29, 1.82) is 0 Å². The maximum Gasteiger partial charge on any atom is 0.147 e. The van der Waals surface area contributed by atoms with E-state index in [2.05, 4.69) is 9.97 Å². The average Bonchev–Trinajstić information content (AvgIpc) is 2.14. The van der Waals surface area contributed by atoms with Gasteiger partial charge in [0.25, 0.3) is 0 Å². The number of hydrogen-bond acceptors (Lipinski definition) is 5. The molecule has 0 aromatic carbocycles. The van der Waals surface area contributed by atoms with Gasteiger partial charge in [-0.15, -0.1) is 0 Å². The van der Waals surface area contributed by atoms with Gasteiger partial charge in [-0.25, -0.2) is 4.98 Å². The Hall–Kier alpha value is -1.20. The quantitative estimate of drug-likeness (QED) is 0.664. The molecule has 0 spiro atoms. The molecule has 2 rings (SSSR count). The smallest absolute Gasteiger partial charge is 0.147 e. The van der Waals surface area contributed by atoms with Crippen LogP contribution in [0.2, 0.25) is 0 Å². The number of nitrogens with two attached hydrogens (primary N) is 1. The van der Waals surface area contributed by atoms with Crippen LogP contribution >= 0.6 is 0 Å². The van der Waals surface area contributed by atoms with E-state index in [1.807, 2.05) is 11.8 Å². The van der Waals surface area contributed by atoms with Crippen molar-refractivity contribution in [3.05, 3.63) is 18.1 Å². The molecule has 5 nitrogen and oxygen atoms in total. The van der Waals surface area contributed by atoms with Crippen LogP contribution in [0.15, 0.2) is 12.4 Å². The molecular weight excluding hydrogens is 180 g/mol. The van der Waals surface area contributed by atoms with Crippen LogP contribution in [0, 0.1) is 0 Å². The number of β-amino-alcohol motifs (C(OH)–C–C–N with tert-alkyl or cyclic N) is 1. The van der Waals surface area contributed by atoms with Crippen molar-refractivity contribution in [2.45, 2.75) is 19.1 Å². The van der Waals surface area contributed by atoms with Crippen molar-refractivity contribution in [2.24, 2.45) is 5.73 Å². The van der Waals surface area contributed by atoms with Crippen molar-refractivity contribution in [1.82, 2.24) is 9.97 Å². The first kappa shape index (κ1) is 9.36. The van der Waals surface area contributed by atoms with E-state index < -0.39 is 5.60 Å². The van der Waals surface area contributed by atoms with Gasteiger partial charge in [0.05, 0.1) is 23.7 Å². The second-order valence-electron chi connectivity index (χ2n) is 3.92. The van der Waals surface area contributed by atoms with Crippen LogP contribution in [0.3, 0.4) is 0 Å². The Morgan fingerprint density at radius 1 is 1.50 bits per heavy atom. The van der Waals surface area contributed by atoms with Crippen LogP contribution in [0.5, 0.6) is 0 Å². The van der Waals surface area contributed by atoms with Crippen LogP contribution in [0.25, 0.3) is 0 Å². The SMILES string of the molecule is CC1(O)CN(c2cnc(CN)cn2)C1. The Labute approximate surface area is 82.6 Å². The summed E-state index contributed by atoms with van der Waals surface area (Å²) in [6.07, 6.45) is 3.36. The van der Waals surface area contributed by atoms with E-state index in [0.717, 1.165) is 11.5 Å². The van der Waals surface area contributed by atoms with Gasteiger partial charge in [0.15, 0.2) is 0 Å². The van der Waals surface area contributed by atoms with Gasteiger partial charge in [0, 0.05) is 19.6 Å². The highest BCUT2D eigenvalue weighted by Crippen LogP contribution is 2.24. The van der Waals surface area contributed by atoms with E-state index in [-0.39, 0.29) is 0 Å². The van der Waals surface area contributed by atoms with Crippen molar-refractivity contribution in [3.63, 3.8) is 0 Å². The van der Waals surface area contributed by atoms with Crippen molar-refractivity contribution in [3.8, 4) is 0 Å². The van der Waals surface area contributed by atoms with Crippen LogP contribution in [-0.2, 0) is 6.54 Å². The molecule has 0 aliphatic carbocycles. The second kappa shape index (κ2) is 3.18. The number of nitrogens with zero attached hydrogens (tertiary/aromatic N) is 3. The predicted octanol–water partition coefficient (Wildman–Crippen LogP) is -0.494. The summed E-state index contributed by atoms with van der Waals surface area (Å²) in [4.78, 5) is 10.3. The molecule has 2 heterocycles. The molecule has 0 atom stereocenters. The lowest BCUT2D eigenvalue weighted by Gasteiger charge is -2.44. The maximum absolute atomic E-state index is 9.54. The Balaban J connectivity index is 2.05. The highest BCUT2D eigenvalue weighted by molar-refractivity contribution is 5.41. The molecule has 5 heteroatoms. The summed E-state index contributed by atoms with van der Waals surface area (Å²) in [6, 6.07) is 0. The molecule has 1 aromatic rings. The topological polar surface area (TPSA) is 75.3 Å². The van der Waals surface area contributed by atoms with E-state index in [1.54, 1.807) is 12.4 Å². The van der Waals surface area contributed by atoms with Crippen molar-refractivity contribution >= 4 is 5.82 Å². The summed E-state index contributed by atoms with van der Waals surface area (Å²) < 4.78 is 0. The molecule has 3 N–H and O–H groups in total. The number of anilines is 1. The highest BCUT2D eigenvalue weighted by atomic mass is 16.3. The third-order valence-electron chi connectivity index (χ3n) is 2.29. The molecule has 0 unspecified atom stereocenters. The first-order chi connectivity index (χ1) is 6.61. The first-order valence-corrected chi connectivity index (χ1v) is 4.59. The van der Waals surface area contributed by atoms with Gasteiger partial charge in [0.1, 0.15) is 5.82 Å². The third-order valence-corrected chi connectivity index (χ3v) is 2.29. The molecule has 0 saturated carbocycles. The second-order valence-corrected chi connectivity index (χ2v) is 3.92. The van der Waals surface area contributed by atoms with E-state index >= 15 is 0 Å². The molecule has 0 radical (unpaired) electrons. The molecule has 0 amide bonds. The first-order valence-electron chi connectivity index (χ1n) is 4.59. The molecular formula is C9H14N4O. The van der Waals surface area contributed by atoms with Gasteiger partial charge in [-0.1, -0.05) is 0 Å². The zero-order chi connectivity index (χ0) is 10.2. The standard InChI is InChI=1S/C9H14N4O/c1-9(14)5-13(6-9)8-4-11-7(2-10)3-12-8/h3-4,14H,2,5-6,10H2,1H3. The fourth-order valence-corrected chi connectivity index (χ4v) is 1.55. The Morgan fingerprint density at radius 3 is 2.64 bits per heavy atom. The molecule has 14 heavy (non-hydrogen) atoms. The molecule has 1 aliphatic rings. The molecule has 1 aliphatic heterocycles. The third kappa shape index (κ3) is 1.69. The molecule has 1 fully saturated rings. The normalized spacial score (nSPS) is 19.2. The summed E-state index contributed by atoms with van der Waals surface area (Å²) in [5.74, 6) is 0.800. The average molecular weight is 194 g/mol. The maximum atomic E-state index is 9.54.